The van der Waals surface area contributed by atoms with Gasteiger partial charge in [-0.2, -0.15) is 0 Å². The number of nitrogens with one attached hydrogen (secondary N) is 1. The van der Waals surface area contributed by atoms with Crippen LogP contribution in [0.25, 0.3) is 0 Å². The van der Waals surface area contributed by atoms with Gasteiger partial charge in [0.15, 0.2) is 0 Å². The molecule has 3 nitrogen and oxygen atoms in total. The molecule has 0 aromatic heterocycles. The smallest absolute Gasteiger partial charge is 0.253 e. The second-order valence-electron chi connectivity index (χ2n) is 5.28. The van der Waals surface area contributed by atoms with Crippen molar-refractivity contribution in [3.05, 3.63) is 33.8 Å². The summed E-state index contributed by atoms with van der Waals surface area (Å²) in [5.74, 6) is 0.734. The van der Waals surface area contributed by atoms with E-state index in [0.29, 0.717) is 5.92 Å². The third-order valence-electron chi connectivity index (χ3n) is 3.72. The first-order valence-corrected chi connectivity index (χ1v) is 7.61. The number of benzene rings is 1. The van der Waals surface area contributed by atoms with Crippen LogP contribution in [0.3, 0.4) is 0 Å². The van der Waals surface area contributed by atoms with Crippen LogP contribution in [-0.4, -0.2) is 37.5 Å². The molecule has 1 aromatic rings. The van der Waals surface area contributed by atoms with Gasteiger partial charge >= 0.3 is 0 Å². The van der Waals surface area contributed by atoms with Gasteiger partial charge in [-0.25, -0.2) is 0 Å². The molecule has 0 spiro atoms. The Labute approximate surface area is 135 Å². The van der Waals surface area contributed by atoms with Gasteiger partial charge in [0.05, 0.1) is 0 Å². The molecule has 1 saturated heterocycles. The van der Waals surface area contributed by atoms with E-state index in [1.165, 1.54) is 6.42 Å². The summed E-state index contributed by atoms with van der Waals surface area (Å²) in [4.78, 5) is 14.5. The summed E-state index contributed by atoms with van der Waals surface area (Å²) in [5, 5.41) is 3.21. The van der Waals surface area contributed by atoms with Crippen molar-refractivity contribution in [1.82, 2.24) is 10.2 Å². The second kappa shape index (κ2) is 8.01. The van der Waals surface area contributed by atoms with Gasteiger partial charge in [0.25, 0.3) is 5.91 Å². The number of hydrogen-bond donors (Lipinski definition) is 1. The Kier molecular flexibility index (Phi) is 7.00. The van der Waals surface area contributed by atoms with Gasteiger partial charge in [-0.1, -0.05) is 22.0 Å². The van der Waals surface area contributed by atoms with E-state index in [-0.39, 0.29) is 18.3 Å². The zero-order valence-electron chi connectivity index (χ0n) is 12.0. The summed E-state index contributed by atoms with van der Waals surface area (Å²) in [5.41, 5.74) is 1.94. The second-order valence-corrected chi connectivity index (χ2v) is 6.14. The Morgan fingerprint density at radius 2 is 2.25 bits per heavy atom. The van der Waals surface area contributed by atoms with E-state index in [9.17, 15) is 4.79 Å². The van der Waals surface area contributed by atoms with Crippen LogP contribution in [-0.2, 0) is 0 Å². The van der Waals surface area contributed by atoms with E-state index in [4.69, 9.17) is 0 Å². The molecule has 1 amide bonds. The monoisotopic (exact) mass is 360 g/mol. The fourth-order valence-electron chi connectivity index (χ4n) is 2.61. The standard InChI is InChI=1S/C15H21BrN2O.ClH/c1-11-5-6-13(8-14(11)16)15(19)18-7-3-4-12(10-18)9-17-2;/h5-6,8,12,17H,3-4,7,9-10H2,1-2H3;1H. The Balaban J connectivity index is 0.00000200. The average molecular weight is 362 g/mol. The molecular formula is C15H22BrClN2O. The van der Waals surface area contributed by atoms with Crippen LogP contribution < -0.4 is 5.32 Å². The number of piperidine rings is 1. The highest BCUT2D eigenvalue weighted by molar-refractivity contribution is 9.10. The van der Waals surface area contributed by atoms with Gasteiger partial charge in [-0.05, 0) is 57.0 Å². The third kappa shape index (κ3) is 4.21. The van der Waals surface area contributed by atoms with E-state index in [1.54, 1.807) is 0 Å². The van der Waals surface area contributed by atoms with E-state index in [2.05, 4.69) is 21.2 Å². The van der Waals surface area contributed by atoms with Crippen molar-refractivity contribution in [3.63, 3.8) is 0 Å². The molecule has 5 heteroatoms. The number of carbonyl (C=O) groups is 1. The van der Waals surface area contributed by atoms with Crippen molar-refractivity contribution < 1.29 is 4.79 Å². The first-order valence-electron chi connectivity index (χ1n) is 6.82. The Morgan fingerprint density at radius 1 is 1.50 bits per heavy atom. The lowest BCUT2D eigenvalue weighted by Gasteiger charge is -2.32. The first-order chi connectivity index (χ1) is 9.11. The molecule has 1 N–H and O–H groups in total. The number of likely N-dealkylation sites (tertiary alicyclic amines) is 1. The van der Waals surface area contributed by atoms with Gasteiger partial charge in [0.2, 0.25) is 0 Å². The summed E-state index contributed by atoms with van der Waals surface area (Å²) in [7, 11) is 1.97. The molecule has 1 fully saturated rings. The van der Waals surface area contributed by atoms with Crippen LogP contribution >= 0.6 is 28.3 Å². The molecule has 1 aromatic carbocycles. The zero-order chi connectivity index (χ0) is 13.8. The molecule has 1 heterocycles. The largest absolute Gasteiger partial charge is 0.338 e. The van der Waals surface area contributed by atoms with Crippen LogP contribution in [0.4, 0.5) is 0 Å². The SMILES string of the molecule is CNCC1CCCN(C(=O)c2ccc(C)c(Br)c2)C1.Cl. The van der Waals surface area contributed by atoms with Gasteiger partial charge in [0, 0.05) is 23.1 Å². The minimum absolute atomic E-state index is 0. The predicted octanol–water partition coefficient (Wildman–Crippen LogP) is 3.25. The fourth-order valence-corrected chi connectivity index (χ4v) is 2.99. The third-order valence-corrected chi connectivity index (χ3v) is 4.57. The normalized spacial score (nSPS) is 18.6. The number of nitrogens with zero attached hydrogens (tertiary/aromatic N) is 1. The van der Waals surface area contributed by atoms with Crippen molar-refractivity contribution in [2.24, 2.45) is 5.92 Å². The van der Waals surface area contributed by atoms with E-state index < -0.39 is 0 Å². The zero-order valence-corrected chi connectivity index (χ0v) is 14.4. The van der Waals surface area contributed by atoms with Gasteiger partial charge in [0.1, 0.15) is 0 Å². The molecule has 20 heavy (non-hydrogen) atoms. The minimum Gasteiger partial charge on any atom is -0.338 e. The number of amides is 1. The number of halogens is 2. The van der Waals surface area contributed by atoms with Crippen molar-refractivity contribution >= 4 is 34.2 Å². The van der Waals surface area contributed by atoms with Crippen LogP contribution in [0.1, 0.15) is 28.8 Å². The molecule has 2 rings (SSSR count). The van der Waals surface area contributed by atoms with Crippen molar-refractivity contribution in [2.75, 3.05) is 26.7 Å². The average Bonchev–Trinajstić information content (AvgIpc) is 2.42. The molecule has 1 aliphatic heterocycles. The highest BCUT2D eigenvalue weighted by Gasteiger charge is 2.24. The first kappa shape index (κ1) is 17.5. The topological polar surface area (TPSA) is 32.3 Å². The highest BCUT2D eigenvalue weighted by atomic mass is 79.9. The molecule has 0 aliphatic carbocycles. The predicted molar refractivity (Wildman–Crippen MR) is 88.7 cm³/mol. The lowest BCUT2D eigenvalue weighted by molar-refractivity contribution is 0.0674. The highest BCUT2D eigenvalue weighted by Crippen LogP contribution is 2.21. The summed E-state index contributed by atoms with van der Waals surface area (Å²) in [6, 6.07) is 5.84. The van der Waals surface area contributed by atoms with Crippen molar-refractivity contribution in [1.29, 1.82) is 0 Å². The molecule has 1 aliphatic rings. The fraction of sp³-hybridized carbons (Fsp3) is 0.533. The van der Waals surface area contributed by atoms with Gasteiger partial charge in [-0.15, -0.1) is 12.4 Å². The van der Waals surface area contributed by atoms with Crippen LogP contribution in [0.5, 0.6) is 0 Å². The molecular weight excluding hydrogens is 340 g/mol. The summed E-state index contributed by atoms with van der Waals surface area (Å²) >= 11 is 3.49. The number of carbonyl (C=O) groups excluding carboxylic acids is 1. The molecule has 0 bridgehead atoms. The van der Waals surface area contributed by atoms with E-state index in [0.717, 1.165) is 41.7 Å². The van der Waals surface area contributed by atoms with Crippen molar-refractivity contribution in [3.8, 4) is 0 Å². The summed E-state index contributed by atoms with van der Waals surface area (Å²) < 4.78 is 1.00. The summed E-state index contributed by atoms with van der Waals surface area (Å²) in [6.45, 7) is 4.76. The summed E-state index contributed by atoms with van der Waals surface area (Å²) in [6.07, 6.45) is 2.31. The molecule has 112 valence electrons. The maximum absolute atomic E-state index is 12.5. The van der Waals surface area contributed by atoms with E-state index >= 15 is 0 Å². The van der Waals surface area contributed by atoms with Crippen molar-refractivity contribution in [2.45, 2.75) is 19.8 Å². The number of hydrogen-bond acceptors (Lipinski definition) is 2. The minimum atomic E-state index is 0. The lowest BCUT2D eigenvalue weighted by Crippen LogP contribution is -2.42. The Hall–Kier alpha value is -0.580. The quantitative estimate of drug-likeness (QED) is 0.896. The Bertz CT molecular complexity index is 465. The number of rotatable bonds is 3. The molecule has 1 atom stereocenters. The van der Waals surface area contributed by atoms with Gasteiger partial charge in [-0.3, -0.25) is 4.79 Å². The maximum atomic E-state index is 12.5. The maximum Gasteiger partial charge on any atom is 0.253 e. The molecule has 1 unspecified atom stereocenters. The van der Waals surface area contributed by atoms with Gasteiger partial charge < -0.3 is 10.2 Å². The molecule has 0 saturated carbocycles. The molecule has 0 radical (unpaired) electrons. The number of aryl methyl sites for hydroxylation is 1. The lowest BCUT2D eigenvalue weighted by atomic mass is 9.97. The van der Waals surface area contributed by atoms with Crippen LogP contribution in [0.2, 0.25) is 0 Å². The Morgan fingerprint density at radius 3 is 2.90 bits per heavy atom. The van der Waals surface area contributed by atoms with Crippen LogP contribution in [0.15, 0.2) is 22.7 Å². The van der Waals surface area contributed by atoms with Crippen LogP contribution in [0, 0.1) is 12.8 Å². The van der Waals surface area contributed by atoms with E-state index in [1.807, 2.05) is 37.1 Å².